The predicted molar refractivity (Wildman–Crippen MR) is 112 cm³/mol. The summed E-state index contributed by atoms with van der Waals surface area (Å²) in [6.07, 6.45) is 3.37. The van der Waals surface area contributed by atoms with Gasteiger partial charge in [-0.25, -0.2) is 0 Å². The molecule has 6 nitrogen and oxygen atoms in total. The number of benzene rings is 1. The van der Waals surface area contributed by atoms with E-state index in [1.54, 1.807) is 13.2 Å². The van der Waals surface area contributed by atoms with Crippen molar-refractivity contribution in [1.29, 1.82) is 0 Å². The summed E-state index contributed by atoms with van der Waals surface area (Å²) < 4.78 is 11.0. The number of ether oxygens (including phenoxy) is 2. The molecule has 2 fully saturated rings. The van der Waals surface area contributed by atoms with E-state index in [0.29, 0.717) is 13.2 Å². The number of nitrogens with zero attached hydrogens (tertiary/aromatic N) is 2. The number of morpholine rings is 1. The van der Waals surface area contributed by atoms with Crippen LogP contribution >= 0.6 is 0 Å². The molecule has 0 saturated carbocycles. The van der Waals surface area contributed by atoms with Crippen molar-refractivity contribution >= 4 is 11.5 Å². The zero-order valence-corrected chi connectivity index (χ0v) is 16.7. The van der Waals surface area contributed by atoms with Gasteiger partial charge in [-0.3, -0.25) is 4.79 Å². The van der Waals surface area contributed by atoms with E-state index in [0.717, 1.165) is 43.2 Å². The molecule has 6 heteroatoms. The molecule has 2 atom stereocenters. The number of H-pyrrole nitrogens is 1. The van der Waals surface area contributed by atoms with Crippen LogP contribution < -0.4 is 20.1 Å². The molecule has 0 bridgehead atoms. The maximum absolute atomic E-state index is 12.5. The van der Waals surface area contributed by atoms with E-state index in [2.05, 4.69) is 39.9 Å². The molecule has 2 saturated heterocycles. The van der Waals surface area contributed by atoms with Crippen molar-refractivity contribution in [2.75, 3.05) is 43.2 Å². The number of anilines is 2. The second-order valence-corrected chi connectivity index (χ2v) is 7.69. The number of hydrogen-bond donors (Lipinski definition) is 1. The van der Waals surface area contributed by atoms with Crippen molar-refractivity contribution in [2.45, 2.75) is 38.3 Å². The Balaban J connectivity index is 1.68. The smallest absolute Gasteiger partial charge is 0.251 e. The lowest BCUT2D eigenvalue weighted by atomic mass is 9.95. The molecule has 0 unspecified atom stereocenters. The summed E-state index contributed by atoms with van der Waals surface area (Å²) >= 11 is 0. The van der Waals surface area contributed by atoms with Crippen LogP contribution in [0.25, 0.3) is 0 Å². The highest BCUT2D eigenvalue weighted by atomic mass is 16.5. The van der Waals surface area contributed by atoms with Crippen LogP contribution in [0.1, 0.15) is 37.8 Å². The van der Waals surface area contributed by atoms with Crippen LogP contribution in [-0.4, -0.2) is 44.4 Å². The van der Waals surface area contributed by atoms with Gasteiger partial charge in [0.15, 0.2) is 0 Å². The molecule has 0 spiro atoms. The average molecular weight is 383 g/mol. The Hall–Kier alpha value is -2.47. The number of aromatic nitrogens is 1. The Morgan fingerprint density at radius 3 is 2.86 bits per heavy atom. The fourth-order valence-electron chi connectivity index (χ4n) is 4.36. The first-order valence-corrected chi connectivity index (χ1v) is 10.1. The van der Waals surface area contributed by atoms with Gasteiger partial charge in [-0.2, -0.15) is 0 Å². The summed E-state index contributed by atoms with van der Waals surface area (Å²) in [5.74, 6) is 1.76. The molecular formula is C22H29N3O3. The second kappa shape index (κ2) is 8.27. The van der Waals surface area contributed by atoms with Crippen LogP contribution in [0.15, 0.2) is 41.2 Å². The van der Waals surface area contributed by atoms with Gasteiger partial charge < -0.3 is 24.3 Å². The Kier molecular flexibility index (Phi) is 5.57. The molecule has 0 aliphatic carbocycles. The minimum atomic E-state index is -0.0545. The highest BCUT2D eigenvalue weighted by Crippen LogP contribution is 2.36. The number of rotatable bonds is 4. The minimum absolute atomic E-state index is 0.0545. The first-order valence-electron chi connectivity index (χ1n) is 10.1. The van der Waals surface area contributed by atoms with Crippen molar-refractivity contribution in [3.8, 4) is 5.75 Å². The standard InChI is InChI=1S/C22H29N3O3/c1-16-15-28-11-10-24(16)18-13-21(23-22(26)14-18)25-9-4-3-8-20(25)17-6-5-7-19(12-17)27-2/h5-7,12-14,16,20H,3-4,8-11,15H2,1-2H3,(H,23,26)/t16-,20+/m1/s1. The third-order valence-corrected chi connectivity index (χ3v) is 5.80. The van der Waals surface area contributed by atoms with Crippen LogP contribution in [0, 0.1) is 0 Å². The van der Waals surface area contributed by atoms with Gasteiger partial charge in [-0.15, -0.1) is 0 Å². The Bertz CT molecular complexity index is 866. The van der Waals surface area contributed by atoms with E-state index >= 15 is 0 Å². The maximum atomic E-state index is 12.5. The van der Waals surface area contributed by atoms with E-state index in [1.807, 2.05) is 12.1 Å². The Morgan fingerprint density at radius 2 is 2.04 bits per heavy atom. The van der Waals surface area contributed by atoms with Crippen molar-refractivity contribution in [3.63, 3.8) is 0 Å². The summed E-state index contributed by atoms with van der Waals surface area (Å²) in [6, 6.07) is 12.6. The third-order valence-electron chi connectivity index (χ3n) is 5.80. The van der Waals surface area contributed by atoms with Gasteiger partial charge in [-0.1, -0.05) is 12.1 Å². The lowest BCUT2D eigenvalue weighted by molar-refractivity contribution is 0.0989. The number of piperidine rings is 1. The van der Waals surface area contributed by atoms with Crippen LogP contribution in [0.4, 0.5) is 11.5 Å². The highest BCUT2D eigenvalue weighted by Gasteiger charge is 2.27. The molecule has 0 amide bonds. The highest BCUT2D eigenvalue weighted by molar-refractivity contribution is 5.57. The van der Waals surface area contributed by atoms with Crippen molar-refractivity contribution in [2.24, 2.45) is 0 Å². The monoisotopic (exact) mass is 383 g/mol. The van der Waals surface area contributed by atoms with Gasteiger partial charge in [0.2, 0.25) is 0 Å². The largest absolute Gasteiger partial charge is 0.497 e. The van der Waals surface area contributed by atoms with Crippen LogP contribution in [0.5, 0.6) is 5.75 Å². The van der Waals surface area contributed by atoms with Gasteiger partial charge in [0, 0.05) is 37.0 Å². The maximum Gasteiger partial charge on any atom is 0.251 e. The molecule has 28 heavy (non-hydrogen) atoms. The van der Waals surface area contributed by atoms with E-state index in [9.17, 15) is 4.79 Å². The summed E-state index contributed by atoms with van der Waals surface area (Å²) in [6.45, 7) is 5.27. The molecule has 4 rings (SSSR count). The summed E-state index contributed by atoms with van der Waals surface area (Å²) in [5, 5.41) is 0. The molecule has 0 radical (unpaired) electrons. The molecule has 1 aromatic heterocycles. The van der Waals surface area contributed by atoms with E-state index in [4.69, 9.17) is 9.47 Å². The number of nitrogens with one attached hydrogen (secondary N) is 1. The fraction of sp³-hybridized carbons (Fsp3) is 0.500. The first kappa shape index (κ1) is 18.9. The van der Waals surface area contributed by atoms with Crippen LogP contribution in [0.3, 0.4) is 0 Å². The third kappa shape index (κ3) is 3.87. The van der Waals surface area contributed by atoms with E-state index < -0.39 is 0 Å². The Labute approximate surface area is 166 Å². The lowest BCUT2D eigenvalue weighted by Gasteiger charge is -2.39. The van der Waals surface area contributed by atoms with Crippen molar-refractivity contribution in [1.82, 2.24) is 4.98 Å². The quantitative estimate of drug-likeness (QED) is 0.878. The molecule has 1 aromatic carbocycles. The molecule has 2 aliphatic heterocycles. The average Bonchev–Trinajstić information content (AvgIpc) is 2.73. The van der Waals surface area contributed by atoms with Crippen molar-refractivity contribution in [3.05, 3.63) is 52.3 Å². The molecule has 2 aromatic rings. The van der Waals surface area contributed by atoms with Gasteiger partial charge in [0.1, 0.15) is 11.6 Å². The number of hydrogen-bond acceptors (Lipinski definition) is 5. The number of aromatic amines is 1. The molecule has 150 valence electrons. The van der Waals surface area contributed by atoms with Gasteiger partial charge in [0.25, 0.3) is 5.56 Å². The van der Waals surface area contributed by atoms with E-state index in [-0.39, 0.29) is 17.6 Å². The first-order chi connectivity index (χ1) is 13.7. The minimum Gasteiger partial charge on any atom is -0.497 e. The van der Waals surface area contributed by atoms with E-state index in [1.165, 1.54) is 12.0 Å². The molecular weight excluding hydrogens is 354 g/mol. The normalized spacial score (nSPS) is 22.9. The molecule has 2 aliphatic rings. The zero-order valence-electron chi connectivity index (χ0n) is 16.7. The topological polar surface area (TPSA) is 57.8 Å². The lowest BCUT2D eigenvalue weighted by Crippen LogP contribution is -2.44. The Morgan fingerprint density at radius 1 is 1.14 bits per heavy atom. The molecule has 3 heterocycles. The van der Waals surface area contributed by atoms with Gasteiger partial charge in [0.05, 0.1) is 26.4 Å². The second-order valence-electron chi connectivity index (χ2n) is 7.69. The fourth-order valence-corrected chi connectivity index (χ4v) is 4.36. The van der Waals surface area contributed by atoms with Crippen LogP contribution in [0.2, 0.25) is 0 Å². The number of pyridine rings is 1. The van der Waals surface area contributed by atoms with Crippen molar-refractivity contribution < 1.29 is 9.47 Å². The summed E-state index contributed by atoms with van der Waals surface area (Å²) in [4.78, 5) is 20.2. The van der Waals surface area contributed by atoms with Crippen LogP contribution in [-0.2, 0) is 4.74 Å². The SMILES string of the molecule is COc1cccc([C@@H]2CCCCN2c2cc(N3CCOC[C@H]3C)cc(=O)[nH]2)c1. The number of methoxy groups -OCH3 is 1. The van der Waals surface area contributed by atoms with Gasteiger partial charge in [-0.05, 0) is 43.9 Å². The molecule has 1 N–H and O–H groups in total. The summed E-state index contributed by atoms with van der Waals surface area (Å²) in [7, 11) is 1.70. The predicted octanol–water partition coefficient (Wildman–Crippen LogP) is 3.34. The summed E-state index contributed by atoms with van der Waals surface area (Å²) in [5.41, 5.74) is 2.15. The zero-order chi connectivity index (χ0) is 19.5. The van der Waals surface area contributed by atoms with Gasteiger partial charge >= 0.3 is 0 Å².